The molecule has 0 aromatic heterocycles. The first kappa shape index (κ1) is 26.7. The predicted octanol–water partition coefficient (Wildman–Crippen LogP) is 2.68. The van der Waals surface area contributed by atoms with E-state index < -0.39 is 29.4 Å². The number of fused-ring (bicyclic) bond motifs is 1. The molecule has 0 aliphatic carbocycles. The summed E-state index contributed by atoms with van der Waals surface area (Å²) in [4.78, 5) is 44.3. The second-order valence-electron chi connectivity index (χ2n) is 9.89. The third-order valence-corrected chi connectivity index (χ3v) is 7.75. The lowest BCUT2D eigenvalue weighted by Gasteiger charge is -2.39. The van der Waals surface area contributed by atoms with E-state index in [1.165, 1.54) is 0 Å². The number of likely N-dealkylation sites (tertiary alicyclic amines) is 1. The average molecular weight is 479 g/mol. The summed E-state index contributed by atoms with van der Waals surface area (Å²) < 4.78 is 11.8. The van der Waals surface area contributed by atoms with Gasteiger partial charge >= 0.3 is 5.97 Å². The van der Waals surface area contributed by atoms with Crippen molar-refractivity contribution in [1.82, 2.24) is 9.80 Å². The van der Waals surface area contributed by atoms with Crippen LogP contribution in [0, 0.1) is 11.8 Å². The first-order chi connectivity index (χ1) is 16.4. The molecule has 2 amide bonds. The number of rotatable bonds is 14. The zero-order valence-corrected chi connectivity index (χ0v) is 21.0. The van der Waals surface area contributed by atoms with Crippen molar-refractivity contribution in [2.24, 2.45) is 11.8 Å². The van der Waals surface area contributed by atoms with Crippen LogP contribution < -0.4 is 0 Å². The molecule has 8 heteroatoms. The minimum atomic E-state index is -0.979. The molecule has 3 saturated heterocycles. The van der Waals surface area contributed by atoms with Crippen molar-refractivity contribution in [2.45, 2.75) is 95.9 Å². The third kappa shape index (κ3) is 4.76. The molecule has 2 bridgehead atoms. The molecule has 3 aliphatic rings. The SMILES string of the molecule is C=CCN(C(=O)C1N(CCCCCCO)C(=O)[C@@H]2[C@@H](C(=O)OCC)[C@H]3CCC12O3)C(C)CCC. The number of hydrogen-bond donors (Lipinski definition) is 1. The highest BCUT2D eigenvalue weighted by Gasteiger charge is 2.75. The Kier molecular flexibility index (Phi) is 9.15. The highest BCUT2D eigenvalue weighted by atomic mass is 16.6. The molecular weight excluding hydrogens is 436 g/mol. The molecule has 0 aromatic carbocycles. The van der Waals surface area contributed by atoms with E-state index in [9.17, 15) is 14.4 Å². The number of carbonyl (C=O) groups excluding carboxylic acids is 3. The number of esters is 1. The lowest BCUT2D eigenvalue weighted by molar-refractivity contribution is -0.155. The van der Waals surface area contributed by atoms with Gasteiger partial charge in [-0.1, -0.05) is 32.3 Å². The summed E-state index contributed by atoms with van der Waals surface area (Å²) in [6, 6.07) is -0.738. The van der Waals surface area contributed by atoms with Crippen LogP contribution in [0.3, 0.4) is 0 Å². The first-order valence-corrected chi connectivity index (χ1v) is 13.0. The van der Waals surface area contributed by atoms with E-state index in [0.717, 1.165) is 38.5 Å². The van der Waals surface area contributed by atoms with E-state index in [0.29, 0.717) is 25.9 Å². The second-order valence-corrected chi connectivity index (χ2v) is 9.89. The lowest BCUT2D eigenvalue weighted by atomic mass is 9.70. The molecule has 1 N–H and O–H groups in total. The first-order valence-electron chi connectivity index (χ1n) is 13.0. The number of nitrogens with zero attached hydrogens (tertiary/aromatic N) is 2. The van der Waals surface area contributed by atoms with Crippen molar-refractivity contribution < 1.29 is 29.0 Å². The molecule has 1 spiro atoms. The summed E-state index contributed by atoms with van der Waals surface area (Å²) in [5, 5.41) is 9.06. The van der Waals surface area contributed by atoms with Crippen LogP contribution in [-0.2, 0) is 23.9 Å². The van der Waals surface area contributed by atoms with Crippen LogP contribution >= 0.6 is 0 Å². The Morgan fingerprint density at radius 3 is 2.71 bits per heavy atom. The number of ether oxygens (including phenoxy) is 2. The van der Waals surface area contributed by atoms with Crippen molar-refractivity contribution in [3.63, 3.8) is 0 Å². The standard InChI is InChI=1S/C26H42N2O6/c1-5-12-18(4)27(15-6-2)24(31)22-26-14-13-19(34-26)20(25(32)33-7-3)21(26)23(30)28(22)16-10-8-9-11-17-29/h6,18-22,29H,2,5,7-17H2,1,3-4H3/t18?,19-,20+,21+,22?,26?/m1/s1. The summed E-state index contributed by atoms with van der Waals surface area (Å²) in [6.45, 7) is 11.0. The van der Waals surface area contributed by atoms with Gasteiger partial charge in [-0.15, -0.1) is 6.58 Å². The molecule has 0 radical (unpaired) electrons. The van der Waals surface area contributed by atoms with Crippen LogP contribution in [0.4, 0.5) is 0 Å². The molecule has 0 saturated carbocycles. The van der Waals surface area contributed by atoms with Crippen molar-refractivity contribution >= 4 is 17.8 Å². The monoisotopic (exact) mass is 478 g/mol. The molecular formula is C26H42N2O6. The Morgan fingerprint density at radius 2 is 2.06 bits per heavy atom. The summed E-state index contributed by atoms with van der Waals surface area (Å²) >= 11 is 0. The number of unbranched alkanes of at least 4 members (excludes halogenated alkanes) is 3. The highest BCUT2D eigenvalue weighted by Crippen LogP contribution is 2.58. The summed E-state index contributed by atoms with van der Waals surface area (Å²) in [7, 11) is 0. The molecule has 3 rings (SSSR count). The maximum Gasteiger partial charge on any atom is 0.312 e. The van der Waals surface area contributed by atoms with E-state index in [1.54, 1.807) is 17.9 Å². The van der Waals surface area contributed by atoms with Gasteiger partial charge in [-0.2, -0.15) is 0 Å². The second kappa shape index (κ2) is 11.7. The summed E-state index contributed by atoms with van der Waals surface area (Å²) in [5.41, 5.74) is -0.979. The van der Waals surface area contributed by atoms with E-state index >= 15 is 0 Å². The van der Waals surface area contributed by atoms with Crippen LogP contribution in [0.25, 0.3) is 0 Å². The topological polar surface area (TPSA) is 96.4 Å². The van der Waals surface area contributed by atoms with Gasteiger partial charge in [-0.3, -0.25) is 14.4 Å². The van der Waals surface area contributed by atoms with Crippen LogP contribution in [0.15, 0.2) is 12.7 Å². The maximum atomic E-state index is 14.1. The van der Waals surface area contributed by atoms with Crippen molar-refractivity contribution in [3.05, 3.63) is 12.7 Å². The third-order valence-electron chi connectivity index (χ3n) is 7.75. The summed E-state index contributed by atoms with van der Waals surface area (Å²) in [6.07, 6.45) is 7.56. The van der Waals surface area contributed by atoms with Crippen LogP contribution in [0.5, 0.6) is 0 Å². The maximum absolute atomic E-state index is 14.1. The van der Waals surface area contributed by atoms with Gasteiger partial charge in [0, 0.05) is 25.7 Å². The number of hydrogen-bond acceptors (Lipinski definition) is 6. The van der Waals surface area contributed by atoms with Gasteiger partial charge in [0.1, 0.15) is 11.6 Å². The fraction of sp³-hybridized carbons (Fsp3) is 0.808. The predicted molar refractivity (Wildman–Crippen MR) is 128 cm³/mol. The van der Waals surface area contributed by atoms with E-state index in [-0.39, 0.29) is 37.2 Å². The Morgan fingerprint density at radius 1 is 1.32 bits per heavy atom. The lowest BCUT2D eigenvalue weighted by Crippen LogP contribution is -2.57. The van der Waals surface area contributed by atoms with Gasteiger partial charge in [0.05, 0.1) is 24.5 Å². The van der Waals surface area contributed by atoms with E-state index in [1.807, 2.05) is 11.8 Å². The Bertz CT molecular complexity index is 758. The quantitative estimate of drug-likeness (QED) is 0.234. The van der Waals surface area contributed by atoms with Gasteiger partial charge in [-0.05, 0) is 46.0 Å². The van der Waals surface area contributed by atoms with Crippen molar-refractivity contribution in [3.8, 4) is 0 Å². The molecule has 0 aromatic rings. The average Bonchev–Trinajstić information content (AvgIpc) is 3.45. The smallest absolute Gasteiger partial charge is 0.312 e. The highest BCUT2D eigenvalue weighted by molar-refractivity contribution is 5.98. The van der Waals surface area contributed by atoms with Crippen LogP contribution in [-0.4, -0.2) is 82.8 Å². The van der Waals surface area contributed by atoms with Gasteiger partial charge in [0.15, 0.2) is 0 Å². The van der Waals surface area contributed by atoms with Crippen LogP contribution in [0.2, 0.25) is 0 Å². The van der Waals surface area contributed by atoms with Crippen molar-refractivity contribution in [2.75, 3.05) is 26.3 Å². The minimum Gasteiger partial charge on any atom is -0.466 e. The van der Waals surface area contributed by atoms with Gasteiger partial charge in [0.2, 0.25) is 11.8 Å². The fourth-order valence-corrected chi connectivity index (χ4v) is 6.28. The normalized spacial score (nSPS) is 30.4. The number of carbonyl (C=O) groups is 3. The molecule has 3 fully saturated rings. The fourth-order valence-electron chi connectivity index (χ4n) is 6.28. The van der Waals surface area contributed by atoms with Crippen molar-refractivity contribution in [1.29, 1.82) is 0 Å². The molecule has 3 unspecified atom stereocenters. The molecule has 192 valence electrons. The summed E-state index contributed by atoms with van der Waals surface area (Å²) in [5.74, 6) is -2.01. The van der Waals surface area contributed by atoms with Crippen LogP contribution in [0.1, 0.15) is 72.1 Å². The largest absolute Gasteiger partial charge is 0.466 e. The Hall–Kier alpha value is -1.93. The Balaban J connectivity index is 1.94. The van der Waals surface area contributed by atoms with Gasteiger partial charge < -0.3 is 24.4 Å². The van der Waals surface area contributed by atoms with E-state index in [2.05, 4.69) is 13.5 Å². The van der Waals surface area contributed by atoms with Gasteiger partial charge in [-0.25, -0.2) is 0 Å². The minimum absolute atomic E-state index is 0.00640. The van der Waals surface area contributed by atoms with E-state index in [4.69, 9.17) is 14.6 Å². The molecule has 6 atom stereocenters. The molecule has 8 nitrogen and oxygen atoms in total. The number of amides is 2. The molecule has 34 heavy (non-hydrogen) atoms. The molecule has 3 aliphatic heterocycles. The number of aliphatic hydroxyl groups excluding tert-OH is 1. The Labute approximate surface area is 203 Å². The number of aliphatic hydroxyl groups is 1. The zero-order chi connectivity index (χ0) is 24.9. The zero-order valence-electron chi connectivity index (χ0n) is 21.0. The molecule has 3 heterocycles. The van der Waals surface area contributed by atoms with Gasteiger partial charge in [0.25, 0.3) is 0 Å².